The van der Waals surface area contributed by atoms with Crippen molar-refractivity contribution in [3.8, 4) is 0 Å². The van der Waals surface area contributed by atoms with Crippen molar-refractivity contribution in [2.24, 2.45) is 0 Å². The van der Waals surface area contributed by atoms with Gasteiger partial charge in [0.1, 0.15) is 5.69 Å². The molecular formula is C21H24BrN3O2S. The van der Waals surface area contributed by atoms with Crippen molar-refractivity contribution in [3.05, 3.63) is 57.0 Å². The first kappa shape index (κ1) is 19.6. The predicted molar refractivity (Wildman–Crippen MR) is 117 cm³/mol. The van der Waals surface area contributed by atoms with E-state index in [0.29, 0.717) is 13.1 Å². The summed E-state index contributed by atoms with van der Waals surface area (Å²) in [5, 5.41) is 3.10. The number of amides is 1. The maximum atomic E-state index is 12.9. The second kappa shape index (κ2) is 8.78. The Balaban J connectivity index is 1.52. The van der Waals surface area contributed by atoms with Crippen LogP contribution in [0.5, 0.6) is 0 Å². The number of rotatable bonds is 6. The van der Waals surface area contributed by atoms with Crippen LogP contribution in [0.25, 0.3) is 10.2 Å². The number of hydrogen-bond donors (Lipinski definition) is 1. The lowest BCUT2D eigenvalue weighted by atomic mass is 10.1. The highest BCUT2D eigenvalue weighted by Gasteiger charge is 2.18. The molecule has 1 aromatic carbocycles. The number of thiophene rings is 1. The molecule has 1 fully saturated rings. The zero-order valence-corrected chi connectivity index (χ0v) is 18.3. The Hall–Kier alpha value is -1.67. The molecule has 0 radical (unpaired) electrons. The summed E-state index contributed by atoms with van der Waals surface area (Å²) in [6.45, 7) is 7.69. The van der Waals surface area contributed by atoms with Crippen molar-refractivity contribution in [2.75, 3.05) is 39.4 Å². The molecule has 0 aliphatic carbocycles. The molecule has 1 N–H and O–H groups in total. The summed E-state index contributed by atoms with van der Waals surface area (Å²) >= 11 is 5.23. The van der Waals surface area contributed by atoms with E-state index in [1.54, 1.807) is 11.3 Å². The summed E-state index contributed by atoms with van der Waals surface area (Å²) < 4.78 is 9.70. The number of aromatic nitrogens is 1. The van der Waals surface area contributed by atoms with E-state index < -0.39 is 0 Å². The number of ether oxygens (including phenoxy) is 1. The van der Waals surface area contributed by atoms with Crippen LogP contribution in [0.4, 0.5) is 0 Å². The normalized spacial score (nSPS) is 15.2. The van der Waals surface area contributed by atoms with Gasteiger partial charge >= 0.3 is 0 Å². The third-order valence-electron chi connectivity index (χ3n) is 5.03. The Morgan fingerprint density at radius 1 is 1.25 bits per heavy atom. The Morgan fingerprint density at radius 3 is 2.86 bits per heavy atom. The smallest absolute Gasteiger partial charge is 0.268 e. The molecule has 1 aliphatic rings. The van der Waals surface area contributed by atoms with E-state index in [9.17, 15) is 4.79 Å². The molecule has 1 aliphatic heterocycles. The fraction of sp³-hybridized carbons (Fsp3) is 0.381. The maximum absolute atomic E-state index is 12.9. The van der Waals surface area contributed by atoms with E-state index in [2.05, 4.69) is 68.0 Å². The van der Waals surface area contributed by atoms with Crippen LogP contribution in [-0.4, -0.2) is 54.8 Å². The van der Waals surface area contributed by atoms with Gasteiger partial charge in [0.25, 0.3) is 5.91 Å². The van der Waals surface area contributed by atoms with Gasteiger partial charge in [0, 0.05) is 32.7 Å². The van der Waals surface area contributed by atoms with Crippen LogP contribution in [-0.2, 0) is 11.3 Å². The molecule has 3 heterocycles. The number of nitrogens with one attached hydrogen (secondary N) is 1. The van der Waals surface area contributed by atoms with Crippen LogP contribution in [0.3, 0.4) is 0 Å². The van der Waals surface area contributed by atoms with Gasteiger partial charge in [-0.1, -0.05) is 29.8 Å². The van der Waals surface area contributed by atoms with Crippen molar-refractivity contribution in [2.45, 2.75) is 13.5 Å². The summed E-state index contributed by atoms with van der Waals surface area (Å²) in [6, 6.07) is 12.5. The molecule has 28 heavy (non-hydrogen) atoms. The van der Waals surface area contributed by atoms with E-state index in [0.717, 1.165) is 52.5 Å². The number of carbonyl (C=O) groups is 1. The molecule has 3 aromatic rings. The van der Waals surface area contributed by atoms with Crippen molar-refractivity contribution < 1.29 is 9.53 Å². The van der Waals surface area contributed by atoms with E-state index in [4.69, 9.17) is 4.74 Å². The van der Waals surface area contributed by atoms with E-state index in [1.807, 2.05) is 6.07 Å². The number of fused-ring (bicyclic) bond motifs is 1. The van der Waals surface area contributed by atoms with Crippen molar-refractivity contribution in [1.29, 1.82) is 0 Å². The minimum Gasteiger partial charge on any atom is -0.379 e. The molecule has 0 atom stereocenters. The zero-order valence-electron chi connectivity index (χ0n) is 15.9. The lowest BCUT2D eigenvalue weighted by Gasteiger charge is -2.26. The van der Waals surface area contributed by atoms with Gasteiger partial charge in [-0.3, -0.25) is 9.69 Å². The second-order valence-corrected chi connectivity index (χ2v) is 9.58. The van der Waals surface area contributed by atoms with Gasteiger partial charge in [-0.05, 0) is 40.5 Å². The predicted octanol–water partition coefficient (Wildman–Crippen LogP) is 3.88. The van der Waals surface area contributed by atoms with Crippen LogP contribution in [0.1, 0.15) is 21.6 Å². The Bertz CT molecular complexity index is 975. The van der Waals surface area contributed by atoms with Gasteiger partial charge in [-0.15, -0.1) is 11.3 Å². The first-order valence-electron chi connectivity index (χ1n) is 9.52. The molecular weight excluding hydrogens is 438 g/mol. The molecule has 2 aromatic heterocycles. The third kappa shape index (κ3) is 4.49. The lowest BCUT2D eigenvalue weighted by Crippen LogP contribution is -2.41. The van der Waals surface area contributed by atoms with Crippen LogP contribution in [0, 0.1) is 6.92 Å². The largest absolute Gasteiger partial charge is 0.379 e. The lowest BCUT2D eigenvalue weighted by molar-refractivity contribution is 0.0383. The maximum Gasteiger partial charge on any atom is 0.268 e. The van der Waals surface area contributed by atoms with E-state index >= 15 is 0 Å². The first-order chi connectivity index (χ1) is 13.6. The number of nitrogens with zero attached hydrogens (tertiary/aromatic N) is 2. The average Bonchev–Trinajstić information content (AvgIpc) is 3.20. The quantitative estimate of drug-likeness (QED) is 0.605. The molecule has 0 unspecified atom stereocenters. The number of hydrogen-bond acceptors (Lipinski definition) is 4. The summed E-state index contributed by atoms with van der Waals surface area (Å²) in [6.07, 6.45) is 0. The summed E-state index contributed by atoms with van der Waals surface area (Å²) in [5.41, 5.74) is 4.24. The fourth-order valence-electron chi connectivity index (χ4n) is 3.61. The van der Waals surface area contributed by atoms with Crippen molar-refractivity contribution in [3.63, 3.8) is 0 Å². The fourth-order valence-corrected chi connectivity index (χ4v) is 5.17. The highest BCUT2D eigenvalue weighted by molar-refractivity contribution is 9.11. The molecule has 0 saturated carbocycles. The first-order valence-corrected chi connectivity index (χ1v) is 11.1. The molecule has 0 spiro atoms. The van der Waals surface area contributed by atoms with Gasteiger partial charge in [-0.2, -0.15) is 0 Å². The molecule has 7 heteroatoms. The average molecular weight is 462 g/mol. The van der Waals surface area contributed by atoms with Gasteiger partial charge < -0.3 is 14.6 Å². The van der Waals surface area contributed by atoms with Crippen molar-refractivity contribution in [1.82, 2.24) is 14.8 Å². The summed E-state index contributed by atoms with van der Waals surface area (Å²) in [7, 11) is 0. The van der Waals surface area contributed by atoms with E-state index in [1.165, 1.54) is 11.1 Å². The highest BCUT2D eigenvalue weighted by atomic mass is 79.9. The summed E-state index contributed by atoms with van der Waals surface area (Å²) in [4.78, 5) is 15.3. The molecule has 5 nitrogen and oxygen atoms in total. The standard InChI is InChI=1S/C21H24BrN3O2S/c1-15-3-2-4-16(11-15)14-25-17-13-20(22)28-19(17)12-18(25)21(26)23-5-6-24-7-9-27-10-8-24/h2-4,11-13H,5-10,14H2,1H3,(H,23,26). The Morgan fingerprint density at radius 2 is 2.07 bits per heavy atom. The number of morpholine rings is 1. The molecule has 148 valence electrons. The van der Waals surface area contributed by atoms with Crippen molar-refractivity contribution >= 4 is 43.4 Å². The molecule has 0 bridgehead atoms. The van der Waals surface area contributed by atoms with Gasteiger partial charge in [0.2, 0.25) is 0 Å². The van der Waals surface area contributed by atoms with Gasteiger partial charge in [0.15, 0.2) is 0 Å². The third-order valence-corrected chi connectivity index (χ3v) is 6.61. The monoisotopic (exact) mass is 461 g/mol. The van der Waals surface area contributed by atoms with Crippen LogP contribution >= 0.6 is 27.3 Å². The second-order valence-electron chi connectivity index (χ2n) is 7.11. The number of benzene rings is 1. The van der Waals surface area contributed by atoms with Gasteiger partial charge in [-0.25, -0.2) is 0 Å². The SMILES string of the molecule is Cc1cccc(Cn2c(C(=O)NCCN3CCOCC3)cc3sc(Br)cc32)c1. The molecule has 1 saturated heterocycles. The Kier molecular flexibility index (Phi) is 6.16. The topological polar surface area (TPSA) is 46.5 Å². The highest BCUT2D eigenvalue weighted by Crippen LogP contribution is 2.33. The van der Waals surface area contributed by atoms with Crippen LogP contribution in [0.2, 0.25) is 0 Å². The van der Waals surface area contributed by atoms with E-state index in [-0.39, 0.29) is 5.91 Å². The van der Waals surface area contributed by atoms with Crippen LogP contribution in [0.15, 0.2) is 40.2 Å². The Labute approximate surface area is 177 Å². The number of aryl methyl sites for hydroxylation is 1. The number of halogens is 1. The minimum atomic E-state index is -0.0135. The summed E-state index contributed by atoms with van der Waals surface area (Å²) in [5.74, 6) is -0.0135. The zero-order chi connectivity index (χ0) is 19.5. The van der Waals surface area contributed by atoms with Gasteiger partial charge in [0.05, 0.1) is 27.2 Å². The molecule has 4 rings (SSSR count). The molecule has 1 amide bonds. The van der Waals surface area contributed by atoms with Crippen LogP contribution < -0.4 is 5.32 Å². The minimum absolute atomic E-state index is 0.0135. The number of carbonyl (C=O) groups excluding carboxylic acids is 1.